The van der Waals surface area contributed by atoms with Crippen molar-refractivity contribution in [1.29, 1.82) is 0 Å². The molecule has 1 aromatic carbocycles. The van der Waals surface area contributed by atoms with Crippen LogP contribution in [0, 0.1) is 0 Å². The van der Waals surface area contributed by atoms with Crippen LogP contribution in [0.15, 0.2) is 24.3 Å². The quantitative estimate of drug-likeness (QED) is 0.717. The minimum Gasteiger partial charge on any atom is -0.466 e. The van der Waals surface area contributed by atoms with Gasteiger partial charge in [0.25, 0.3) is 0 Å². The minimum absolute atomic E-state index is 0.0244. The lowest BCUT2D eigenvalue weighted by Crippen LogP contribution is -2.21. The van der Waals surface area contributed by atoms with Crippen molar-refractivity contribution in [1.82, 2.24) is 0 Å². The van der Waals surface area contributed by atoms with Crippen molar-refractivity contribution in [2.45, 2.75) is 26.3 Å². The minimum atomic E-state index is -0.221. The van der Waals surface area contributed by atoms with E-state index in [1.54, 1.807) is 19.1 Å². The number of esters is 1. The summed E-state index contributed by atoms with van der Waals surface area (Å²) in [5, 5.41) is 5.91. The Morgan fingerprint density at radius 2 is 1.81 bits per heavy atom. The number of ether oxygens (including phenoxy) is 2. The van der Waals surface area contributed by atoms with Gasteiger partial charge in [0.1, 0.15) is 6.61 Å². The maximum atomic E-state index is 11.4. The maximum absolute atomic E-state index is 11.4. The van der Waals surface area contributed by atoms with E-state index in [9.17, 15) is 9.59 Å². The summed E-state index contributed by atoms with van der Waals surface area (Å²) in [6.45, 7) is 4.11. The highest BCUT2D eigenvalue weighted by molar-refractivity contribution is 5.91. The van der Waals surface area contributed by atoms with Gasteiger partial charge in [-0.3, -0.25) is 9.59 Å². The molecule has 6 heteroatoms. The second kappa shape index (κ2) is 8.97. The largest absolute Gasteiger partial charge is 0.466 e. The van der Waals surface area contributed by atoms with Crippen LogP contribution >= 0.6 is 0 Å². The smallest absolute Gasteiger partial charge is 0.307 e. The molecule has 1 aromatic rings. The molecule has 1 unspecified atom stereocenters. The molecular weight excluding hydrogens is 272 g/mol. The SMILES string of the molecule is CCOC(=O)CC(C)Nc1ccc(NC(=O)COC)cc1. The number of hydrogen-bond acceptors (Lipinski definition) is 5. The molecule has 0 spiro atoms. The van der Waals surface area contributed by atoms with Gasteiger partial charge in [-0.15, -0.1) is 0 Å². The summed E-state index contributed by atoms with van der Waals surface area (Å²) in [6.07, 6.45) is 0.306. The molecule has 6 nitrogen and oxygen atoms in total. The molecule has 0 fully saturated rings. The number of carbonyl (C=O) groups is 2. The Morgan fingerprint density at radius 3 is 2.38 bits per heavy atom. The van der Waals surface area contributed by atoms with Crippen LogP contribution in [-0.2, 0) is 19.1 Å². The highest BCUT2D eigenvalue weighted by Crippen LogP contribution is 2.15. The van der Waals surface area contributed by atoms with Gasteiger partial charge in [0.15, 0.2) is 0 Å². The van der Waals surface area contributed by atoms with E-state index in [1.807, 2.05) is 19.1 Å². The fourth-order valence-electron chi connectivity index (χ4n) is 1.78. The lowest BCUT2D eigenvalue weighted by Gasteiger charge is -2.15. The molecule has 0 bridgehead atoms. The summed E-state index contributed by atoms with van der Waals surface area (Å²) in [7, 11) is 1.47. The number of methoxy groups -OCH3 is 1. The Balaban J connectivity index is 2.46. The lowest BCUT2D eigenvalue weighted by atomic mass is 10.2. The lowest BCUT2D eigenvalue weighted by molar-refractivity contribution is -0.143. The molecule has 1 amide bonds. The van der Waals surface area contributed by atoms with Crippen molar-refractivity contribution in [3.63, 3.8) is 0 Å². The number of rotatable bonds is 8. The summed E-state index contributed by atoms with van der Waals surface area (Å²) < 4.78 is 9.64. The number of carbonyl (C=O) groups excluding carboxylic acids is 2. The van der Waals surface area contributed by atoms with Crippen molar-refractivity contribution >= 4 is 23.3 Å². The Hall–Kier alpha value is -2.08. The van der Waals surface area contributed by atoms with E-state index >= 15 is 0 Å². The molecule has 0 radical (unpaired) electrons. The van der Waals surface area contributed by atoms with Crippen LogP contribution in [0.4, 0.5) is 11.4 Å². The number of anilines is 2. The zero-order chi connectivity index (χ0) is 15.7. The summed E-state index contributed by atoms with van der Waals surface area (Å²) in [5.41, 5.74) is 1.57. The third-order valence-electron chi connectivity index (χ3n) is 2.64. The third kappa shape index (κ3) is 6.76. The number of amides is 1. The Kier molecular flexibility index (Phi) is 7.25. The van der Waals surface area contributed by atoms with Crippen molar-refractivity contribution in [2.24, 2.45) is 0 Å². The zero-order valence-electron chi connectivity index (χ0n) is 12.6. The molecule has 0 heterocycles. The van der Waals surface area contributed by atoms with E-state index in [0.29, 0.717) is 18.7 Å². The molecular formula is C15H22N2O4. The van der Waals surface area contributed by atoms with Crippen molar-refractivity contribution in [2.75, 3.05) is 31.0 Å². The van der Waals surface area contributed by atoms with Crippen LogP contribution in [0.2, 0.25) is 0 Å². The highest BCUT2D eigenvalue weighted by Gasteiger charge is 2.09. The standard InChI is InChI=1S/C15H22N2O4/c1-4-21-15(19)9-11(2)16-12-5-7-13(8-6-12)17-14(18)10-20-3/h5-8,11,16H,4,9-10H2,1-3H3,(H,17,18). The average Bonchev–Trinajstić information content (AvgIpc) is 2.41. The van der Waals surface area contributed by atoms with Gasteiger partial charge in [0, 0.05) is 24.5 Å². The van der Waals surface area contributed by atoms with Crippen molar-refractivity contribution in [3.05, 3.63) is 24.3 Å². The van der Waals surface area contributed by atoms with Crippen LogP contribution in [0.1, 0.15) is 20.3 Å². The van der Waals surface area contributed by atoms with Crippen LogP contribution < -0.4 is 10.6 Å². The normalized spacial score (nSPS) is 11.6. The summed E-state index contributed by atoms with van der Waals surface area (Å²) >= 11 is 0. The molecule has 0 aliphatic carbocycles. The Morgan fingerprint density at radius 1 is 1.19 bits per heavy atom. The summed E-state index contributed by atoms with van der Waals surface area (Å²) in [6, 6.07) is 7.21. The number of hydrogen-bond donors (Lipinski definition) is 2. The van der Waals surface area contributed by atoms with Crippen molar-refractivity contribution < 1.29 is 19.1 Å². The Bertz CT molecular complexity index is 459. The van der Waals surface area contributed by atoms with Gasteiger partial charge < -0.3 is 20.1 Å². The summed E-state index contributed by atoms with van der Waals surface area (Å²) in [4.78, 5) is 22.7. The molecule has 2 N–H and O–H groups in total. The van der Waals surface area contributed by atoms with Gasteiger partial charge in [0.2, 0.25) is 5.91 Å². The molecule has 0 saturated carbocycles. The van der Waals surface area contributed by atoms with E-state index in [4.69, 9.17) is 9.47 Å². The van der Waals surface area contributed by atoms with Gasteiger partial charge >= 0.3 is 5.97 Å². The first-order chi connectivity index (χ1) is 10.0. The van der Waals surface area contributed by atoms with Gasteiger partial charge in [-0.1, -0.05) is 0 Å². The second-order valence-corrected chi connectivity index (χ2v) is 4.61. The van der Waals surface area contributed by atoms with Gasteiger partial charge in [0.05, 0.1) is 13.0 Å². The van der Waals surface area contributed by atoms with Crippen LogP contribution in [0.25, 0.3) is 0 Å². The zero-order valence-corrected chi connectivity index (χ0v) is 12.6. The molecule has 21 heavy (non-hydrogen) atoms. The van der Waals surface area contributed by atoms with Gasteiger partial charge in [-0.2, -0.15) is 0 Å². The molecule has 116 valence electrons. The monoisotopic (exact) mass is 294 g/mol. The van der Waals surface area contributed by atoms with E-state index in [0.717, 1.165) is 5.69 Å². The highest BCUT2D eigenvalue weighted by atomic mass is 16.5. The first kappa shape index (κ1) is 17.0. The first-order valence-electron chi connectivity index (χ1n) is 6.86. The van der Waals surface area contributed by atoms with Crippen molar-refractivity contribution in [3.8, 4) is 0 Å². The van der Waals surface area contributed by atoms with Crippen LogP contribution in [-0.4, -0.2) is 38.2 Å². The first-order valence-corrected chi connectivity index (χ1v) is 6.86. The van der Waals surface area contributed by atoms with Gasteiger partial charge in [-0.05, 0) is 38.1 Å². The third-order valence-corrected chi connectivity index (χ3v) is 2.64. The molecule has 0 aliphatic heterocycles. The van der Waals surface area contributed by atoms with E-state index in [-0.39, 0.29) is 24.5 Å². The van der Waals surface area contributed by atoms with Crippen LogP contribution in [0.5, 0.6) is 0 Å². The van der Waals surface area contributed by atoms with E-state index in [1.165, 1.54) is 7.11 Å². The molecule has 0 aliphatic rings. The molecule has 0 saturated heterocycles. The topological polar surface area (TPSA) is 76.7 Å². The second-order valence-electron chi connectivity index (χ2n) is 4.61. The maximum Gasteiger partial charge on any atom is 0.307 e. The van der Waals surface area contributed by atoms with E-state index < -0.39 is 0 Å². The predicted octanol–water partition coefficient (Wildman–Crippen LogP) is 2.03. The Labute approximate surface area is 124 Å². The van der Waals surface area contributed by atoms with Gasteiger partial charge in [-0.25, -0.2) is 0 Å². The fraction of sp³-hybridized carbons (Fsp3) is 0.467. The number of nitrogens with one attached hydrogen (secondary N) is 2. The predicted molar refractivity (Wildman–Crippen MR) is 81.3 cm³/mol. The fourth-order valence-corrected chi connectivity index (χ4v) is 1.78. The molecule has 0 aromatic heterocycles. The van der Waals surface area contributed by atoms with E-state index in [2.05, 4.69) is 10.6 Å². The molecule has 1 atom stereocenters. The average molecular weight is 294 g/mol. The molecule has 1 rings (SSSR count). The summed E-state index contributed by atoms with van der Waals surface area (Å²) in [5.74, 6) is -0.421. The number of benzene rings is 1. The van der Waals surface area contributed by atoms with Crippen LogP contribution in [0.3, 0.4) is 0 Å².